The molecular weight excluding hydrogens is 576 g/mol. The normalized spacial score (nSPS) is 22.4. The number of ether oxygens (including phenoxy) is 5. The second kappa shape index (κ2) is 12.4. The highest BCUT2D eigenvalue weighted by Gasteiger charge is 2.57. The molecule has 2 aliphatic rings. The molecule has 2 aliphatic heterocycles. The van der Waals surface area contributed by atoms with Crippen LogP contribution in [0.4, 0.5) is 0 Å². The molecule has 0 spiro atoms. The van der Waals surface area contributed by atoms with E-state index in [1.165, 1.54) is 23.9 Å². The molecule has 2 saturated heterocycles. The summed E-state index contributed by atoms with van der Waals surface area (Å²) in [4.78, 5) is 37.7. The van der Waals surface area contributed by atoms with Crippen molar-refractivity contribution < 1.29 is 28.5 Å². The summed E-state index contributed by atoms with van der Waals surface area (Å²) in [6, 6.07) is 31.2. The van der Waals surface area contributed by atoms with Crippen molar-refractivity contribution in [2.75, 3.05) is 13.7 Å². The summed E-state index contributed by atoms with van der Waals surface area (Å²) in [7, 11) is 1.20. The van der Waals surface area contributed by atoms with Gasteiger partial charge in [0.1, 0.15) is 23.9 Å². The van der Waals surface area contributed by atoms with E-state index in [0.29, 0.717) is 0 Å². The number of rotatable bonds is 9. The van der Waals surface area contributed by atoms with Crippen molar-refractivity contribution in [3.8, 4) is 0 Å². The van der Waals surface area contributed by atoms with Crippen molar-refractivity contribution in [3.05, 3.63) is 147 Å². The highest BCUT2D eigenvalue weighted by atomic mass is 16.8. The van der Waals surface area contributed by atoms with Gasteiger partial charge in [-0.3, -0.25) is 9.36 Å². The zero-order valence-corrected chi connectivity index (χ0v) is 25.1. The minimum absolute atomic E-state index is 0.0758. The van der Waals surface area contributed by atoms with Gasteiger partial charge in [0, 0.05) is 24.5 Å². The van der Waals surface area contributed by atoms with E-state index in [4.69, 9.17) is 18.9 Å². The third-order valence-electron chi connectivity index (χ3n) is 8.01. The lowest BCUT2D eigenvalue weighted by Gasteiger charge is -2.37. The van der Waals surface area contributed by atoms with Gasteiger partial charge in [0.2, 0.25) is 0 Å². The highest BCUT2D eigenvalue weighted by Crippen LogP contribution is 2.45. The van der Waals surface area contributed by atoms with Crippen LogP contribution in [-0.2, 0) is 34.1 Å². The summed E-state index contributed by atoms with van der Waals surface area (Å²) in [5.74, 6) is -1.67. The number of nitrogens with zero attached hydrogens (tertiary/aromatic N) is 2. The largest absolute Gasteiger partial charge is 0.466 e. The van der Waals surface area contributed by atoms with Gasteiger partial charge in [-0.05, 0) is 30.5 Å². The standard InChI is InChI=1S/C35H34N2O8/c1-34(2)44-30-27(43-32(31(30)45-34)37-21-19-28(38)36(33(37)40)22-20-29(39)41-3)23-42-35(24-13-7-4-8-14-24,25-15-9-5-10-16-25)26-17-11-6-12-18-26/h4-22,27,30-32H,23H2,1-3H3/b22-20+/t27-,30-,31-,32-/m1/s1. The number of fused-ring (bicyclic) bond motifs is 1. The molecule has 2 fully saturated rings. The first-order valence-corrected chi connectivity index (χ1v) is 14.6. The highest BCUT2D eigenvalue weighted by molar-refractivity contribution is 5.84. The van der Waals surface area contributed by atoms with Gasteiger partial charge < -0.3 is 23.7 Å². The minimum Gasteiger partial charge on any atom is -0.466 e. The second-order valence-corrected chi connectivity index (χ2v) is 11.3. The fraction of sp³-hybridized carbons (Fsp3) is 0.286. The van der Waals surface area contributed by atoms with E-state index in [1.54, 1.807) is 13.8 Å². The van der Waals surface area contributed by atoms with E-state index in [-0.39, 0.29) is 6.61 Å². The molecule has 45 heavy (non-hydrogen) atoms. The Kier molecular flexibility index (Phi) is 8.39. The van der Waals surface area contributed by atoms with Gasteiger partial charge >= 0.3 is 11.7 Å². The summed E-state index contributed by atoms with van der Waals surface area (Å²) in [5, 5.41) is 0. The number of hydrogen-bond acceptors (Lipinski definition) is 8. The maximum atomic E-state index is 13.5. The molecule has 6 rings (SSSR count). The summed E-state index contributed by atoms with van der Waals surface area (Å²) >= 11 is 0. The van der Waals surface area contributed by atoms with Crippen LogP contribution >= 0.6 is 0 Å². The fourth-order valence-electron chi connectivity index (χ4n) is 6.03. The molecule has 10 nitrogen and oxygen atoms in total. The first-order chi connectivity index (χ1) is 21.7. The SMILES string of the molecule is COC(=O)/C=C/n1c(=O)ccn([C@@H]2O[C@H](COC(c3ccccc3)(c3ccccc3)c3ccccc3)[C@H]3OC(C)(C)O[C@H]32)c1=O. The first-order valence-electron chi connectivity index (χ1n) is 14.6. The van der Waals surface area contributed by atoms with E-state index in [2.05, 4.69) is 4.74 Å². The van der Waals surface area contributed by atoms with Gasteiger partial charge in [-0.1, -0.05) is 91.0 Å². The molecule has 4 atom stereocenters. The summed E-state index contributed by atoms with van der Waals surface area (Å²) in [6.45, 7) is 3.67. The Morgan fingerprint density at radius 1 is 0.844 bits per heavy atom. The number of hydrogen-bond donors (Lipinski definition) is 0. The summed E-state index contributed by atoms with van der Waals surface area (Å²) in [6.07, 6.45) is 0.533. The van der Waals surface area contributed by atoms with Gasteiger partial charge in [0.05, 0.1) is 13.7 Å². The number of carbonyl (C=O) groups excluding carboxylic acids is 1. The van der Waals surface area contributed by atoms with E-state index in [9.17, 15) is 14.4 Å². The van der Waals surface area contributed by atoms with Crippen LogP contribution in [0, 0.1) is 0 Å². The van der Waals surface area contributed by atoms with Crippen LogP contribution in [0.5, 0.6) is 0 Å². The average molecular weight is 611 g/mol. The van der Waals surface area contributed by atoms with Crippen molar-refractivity contribution >= 4 is 12.2 Å². The predicted molar refractivity (Wildman–Crippen MR) is 165 cm³/mol. The monoisotopic (exact) mass is 610 g/mol. The molecule has 0 saturated carbocycles. The van der Waals surface area contributed by atoms with Crippen LogP contribution in [0.2, 0.25) is 0 Å². The zero-order valence-electron chi connectivity index (χ0n) is 25.1. The van der Waals surface area contributed by atoms with E-state index in [0.717, 1.165) is 33.5 Å². The van der Waals surface area contributed by atoms with Crippen LogP contribution < -0.4 is 11.2 Å². The Morgan fingerprint density at radius 3 is 1.91 bits per heavy atom. The van der Waals surface area contributed by atoms with E-state index < -0.39 is 53.1 Å². The number of methoxy groups -OCH3 is 1. The van der Waals surface area contributed by atoms with Gasteiger partial charge in [-0.25, -0.2) is 14.2 Å². The maximum Gasteiger partial charge on any atom is 0.337 e. The molecule has 232 valence electrons. The van der Waals surface area contributed by atoms with Crippen molar-refractivity contribution in [2.24, 2.45) is 0 Å². The van der Waals surface area contributed by atoms with Gasteiger partial charge in [0.25, 0.3) is 5.56 Å². The topological polar surface area (TPSA) is 107 Å². The molecule has 3 heterocycles. The Labute approximate surface area is 260 Å². The Bertz CT molecular complexity index is 1690. The summed E-state index contributed by atoms with van der Waals surface area (Å²) < 4.78 is 32.8. The third-order valence-corrected chi connectivity index (χ3v) is 8.01. The Balaban J connectivity index is 1.39. The fourth-order valence-corrected chi connectivity index (χ4v) is 6.03. The molecule has 0 radical (unpaired) electrons. The van der Waals surface area contributed by atoms with Gasteiger partial charge in [-0.2, -0.15) is 0 Å². The van der Waals surface area contributed by atoms with Crippen molar-refractivity contribution in [1.82, 2.24) is 9.13 Å². The van der Waals surface area contributed by atoms with E-state index >= 15 is 0 Å². The third kappa shape index (κ3) is 5.81. The van der Waals surface area contributed by atoms with Crippen molar-refractivity contribution in [2.45, 2.75) is 49.8 Å². The van der Waals surface area contributed by atoms with E-state index in [1.807, 2.05) is 91.0 Å². The zero-order chi connectivity index (χ0) is 31.6. The van der Waals surface area contributed by atoms with Gasteiger partial charge in [-0.15, -0.1) is 0 Å². The predicted octanol–water partition coefficient (Wildman–Crippen LogP) is 4.08. The molecule has 0 unspecified atom stereocenters. The second-order valence-electron chi connectivity index (χ2n) is 11.3. The first kappa shape index (κ1) is 30.4. The van der Waals surface area contributed by atoms with Crippen molar-refractivity contribution in [3.63, 3.8) is 0 Å². The quantitative estimate of drug-likeness (QED) is 0.159. The Hall–Kier alpha value is -4.61. The molecular formula is C35H34N2O8. The minimum atomic E-state index is -1.00. The molecule has 0 amide bonds. The molecule has 4 aromatic rings. The number of benzene rings is 3. The smallest absolute Gasteiger partial charge is 0.337 e. The van der Waals surface area contributed by atoms with Crippen LogP contribution in [0.25, 0.3) is 6.20 Å². The Morgan fingerprint density at radius 2 is 1.38 bits per heavy atom. The molecule has 10 heteroatoms. The van der Waals surface area contributed by atoms with Gasteiger partial charge in [0.15, 0.2) is 12.0 Å². The average Bonchev–Trinajstić information content (AvgIpc) is 3.55. The number of esters is 1. The molecule has 0 aliphatic carbocycles. The molecule has 3 aromatic carbocycles. The van der Waals surface area contributed by atoms with Crippen LogP contribution in [0.15, 0.2) is 119 Å². The van der Waals surface area contributed by atoms with Crippen LogP contribution in [0.3, 0.4) is 0 Å². The molecule has 0 N–H and O–H groups in total. The van der Waals surface area contributed by atoms with Crippen LogP contribution in [0.1, 0.15) is 36.8 Å². The lowest BCUT2D eigenvalue weighted by Crippen LogP contribution is -2.41. The molecule has 1 aromatic heterocycles. The number of carbonyl (C=O) groups is 1. The lowest BCUT2D eigenvalue weighted by atomic mass is 9.80. The van der Waals surface area contributed by atoms with Crippen LogP contribution in [-0.4, -0.2) is 52.9 Å². The van der Waals surface area contributed by atoms with Crippen molar-refractivity contribution in [1.29, 1.82) is 0 Å². The molecule has 0 bridgehead atoms. The maximum absolute atomic E-state index is 13.5. The summed E-state index contributed by atoms with van der Waals surface area (Å²) in [5.41, 5.74) is 0.453. The number of aromatic nitrogens is 2. The lowest BCUT2D eigenvalue weighted by molar-refractivity contribution is -0.205.